The molecule has 1 heterocycles. The molecule has 3 rings (SSSR count). The first-order chi connectivity index (χ1) is 14.7. The molecule has 0 bridgehead atoms. The lowest BCUT2D eigenvalue weighted by atomic mass is 9.92. The van der Waals surface area contributed by atoms with Gasteiger partial charge in [0.2, 0.25) is 0 Å². The van der Waals surface area contributed by atoms with E-state index in [0.717, 1.165) is 37.9 Å². The Hall–Kier alpha value is -2.86. The molecule has 1 saturated heterocycles. The topological polar surface area (TPSA) is 78.5 Å². The van der Waals surface area contributed by atoms with E-state index in [9.17, 15) is 14.4 Å². The number of carbonyl (C=O) groups excluding carboxylic acids is 3. The van der Waals surface area contributed by atoms with Crippen LogP contribution in [-0.4, -0.2) is 35.7 Å². The third-order valence-corrected chi connectivity index (χ3v) is 5.84. The molecule has 1 fully saturated rings. The minimum Gasteiger partial charge on any atom is -0.339 e. The van der Waals surface area contributed by atoms with Crippen LogP contribution in [-0.2, 0) is 5.54 Å². The van der Waals surface area contributed by atoms with Gasteiger partial charge in [-0.2, -0.15) is 0 Å². The molecular weight excluding hydrogens is 414 g/mol. The highest BCUT2D eigenvalue weighted by atomic mass is 35.5. The summed E-state index contributed by atoms with van der Waals surface area (Å²) in [5.74, 6) is -0.149. The van der Waals surface area contributed by atoms with Gasteiger partial charge in [0.05, 0.1) is 16.1 Å². The number of halogens is 1. The average Bonchev–Trinajstić information content (AvgIpc) is 2.75. The number of rotatable bonds is 5. The predicted octanol–water partition coefficient (Wildman–Crippen LogP) is 5.23. The van der Waals surface area contributed by atoms with Gasteiger partial charge in [-0.15, -0.1) is 0 Å². The van der Waals surface area contributed by atoms with Crippen molar-refractivity contribution in [3.05, 3.63) is 64.2 Å². The second-order valence-corrected chi connectivity index (χ2v) is 8.80. The van der Waals surface area contributed by atoms with Crippen LogP contribution in [0.4, 0.5) is 10.5 Å². The monoisotopic (exact) mass is 441 g/mol. The number of hydrogen-bond donors (Lipinski definition) is 2. The molecule has 0 radical (unpaired) electrons. The van der Waals surface area contributed by atoms with Crippen molar-refractivity contribution in [1.29, 1.82) is 0 Å². The summed E-state index contributed by atoms with van der Waals surface area (Å²) in [7, 11) is 0. The molecule has 6 nitrogen and oxygen atoms in total. The summed E-state index contributed by atoms with van der Waals surface area (Å²) < 4.78 is 0. The van der Waals surface area contributed by atoms with Gasteiger partial charge in [0.1, 0.15) is 0 Å². The summed E-state index contributed by atoms with van der Waals surface area (Å²) in [6.07, 6.45) is 3.11. The summed E-state index contributed by atoms with van der Waals surface area (Å²) in [5, 5.41) is 6.07. The summed E-state index contributed by atoms with van der Waals surface area (Å²) in [4.78, 5) is 39.0. The number of piperidine rings is 1. The Morgan fingerprint density at radius 2 is 1.71 bits per heavy atom. The lowest BCUT2D eigenvalue weighted by molar-refractivity contribution is 0.0724. The molecule has 3 amide bonds. The molecule has 0 aliphatic carbocycles. The molecule has 0 spiro atoms. The number of Topliss-reactive ketones (excluding diaryl/α,β-unsaturated/α-hetero) is 1. The number of carbonyl (C=O) groups is 3. The van der Waals surface area contributed by atoms with E-state index in [2.05, 4.69) is 10.6 Å². The Kier molecular flexibility index (Phi) is 7.01. The van der Waals surface area contributed by atoms with Crippen LogP contribution < -0.4 is 10.6 Å². The van der Waals surface area contributed by atoms with Gasteiger partial charge in [0.15, 0.2) is 5.78 Å². The van der Waals surface area contributed by atoms with Crippen molar-refractivity contribution in [1.82, 2.24) is 10.2 Å². The maximum Gasteiger partial charge on any atom is 0.319 e. The Morgan fingerprint density at radius 3 is 2.39 bits per heavy atom. The second-order valence-electron chi connectivity index (χ2n) is 8.39. The first kappa shape index (κ1) is 22.8. The Balaban J connectivity index is 1.72. The smallest absolute Gasteiger partial charge is 0.319 e. The van der Waals surface area contributed by atoms with E-state index >= 15 is 0 Å². The van der Waals surface area contributed by atoms with Crippen molar-refractivity contribution in [2.24, 2.45) is 0 Å². The van der Waals surface area contributed by atoms with E-state index in [-0.39, 0.29) is 11.7 Å². The van der Waals surface area contributed by atoms with Gasteiger partial charge in [-0.05, 0) is 69.9 Å². The molecule has 0 atom stereocenters. The number of benzene rings is 2. The lowest BCUT2D eigenvalue weighted by Crippen LogP contribution is -2.43. The van der Waals surface area contributed by atoms with E-state index < -0.39 is 11.6 Å². The number of amides is 3. The average molecular weight is 442 g/mol. The zero-order valence-corrected chi connectivity index (χ0v) is 18.9. The minimum absolute atomic E-state index is 0.0332. The summed E-state index contributed by atoms with van der Waals surface area (Å²) in [5.41, 5.74) is 1.55. The van der Waals surface area contributed by atoms with Crippen molar-refractivity contribution >= 4 is 35.0 Å². The minimum atomic E-state index is -0.714. The fraction of sp³-hybridized carbons (Fsp3) is 0.375. The number of ketones is 1. The zero-order valence-electron chi connectivity index (χ0n) is 18.1. The SMILES string of the molecule is CC(=O)c1cccc(C(C)(C)NC(=O)Nc2ccc(Cl)c(C(=O)N3CCCCC3)c2)c1. The highest BCUT2D eigenvalue weighted by molar-refractivity contribution is 6.34. The second kappa shape index (κ2) is 9.52. The van der Waals surface area contributed by atoms with Gasteiger partial charge in [0.25, 0.3) is 5.91 Å². The fourth-order valence-electron chi connectivity index (χ4n) is 3.68. The molecule has 2 N–H and O–H groups in total. The maximum absolute atomic E-state index is 12.8. The fourth-order valence-corrected chi connectivity index (χ4v) is 3.88. The standard InChI is InChI=1S/C24H28ClN3O3/c1-16(29)17-8-7-9-18(14-17)24(2,3)27-23(31)26-19-10-11-21(25)20(15-19)22(30)28-12-5-4-6-13-28/h7-11,14-15H,4-6,12-13H2,1-3H3,(H2,26,27,31). The van der Waals surface area contributed by atoms with Crippen molar-refractivity contribution in [3.63, 3.8) is 0 Å². The molecule has 1 aliphatic rings. The van der Waals surface area contributed by atoms with E-state index in [1.165, 1.54) is 6.92 Å². The van der Waals surface area contributed by atoms with Crippen molar-refractivity contribution in [3.8, 4) is 0 Å². The van der Waals surface area contributed by atoms with E-state index in [0.29, 0.717) is 21.8 Å². The van der Waals surface area contributed by atoms with Crippen molar-refractivity contribution in [2.75, 3.05) is 18.4 Å². The number of nitrogens with zero attached hydrogens (tertiary/aromatic N) is 1. The van der Waals surface area contributed by atoms with Crippen LogP contribution in [0.25, 0.3) is 0 Å². The van der Waals surface area contributed by atoms with Gasteiger partial charge in [0, 0.05) is 24.3 Å². The number of urea groups is 1. The number of anilines is 1. The Bertz CT molecular complexity index is 997. The van der Waals surface area contributed by atoms with Crippen molar-refractivity contribution in [2.45, 2.75) is 45.6 Å². The first-order valence-corrected chi connectivity index (χ1v) is 10.8. The van der Waals surface area contributed by atoms with Gasteiger partial charge in [-0.1, -0.05) is 29.8 Å². The Morgan fingerprint density at radius 1 is 1.00 bits per heavy atom. The van der Waals surface area contributed by atoms with Gasteiger partial charge in [-0.25, -0.2) is 4.79 Å². The van der Waals surface area contributed by atoms with Gasteiger partial charge in [-0.3, -0.25) is 9.59 Å². The van der Waals surface area contributed by atoms with E-state index in [1.807, 2.05) is 19.9 Å². The molecule has 164 valence electrons. The number of likely N-dealkylation sites (tertiary alicyclic amines) is 1. The molecule has 0 unspecified atom stereocenters. The molecule has 0 aromatic heterocycles. The molecule has 31 heavy (non-hydrogen) atoms. The number of hydrogen-bond acceptors (Lipinski definition) is 3. The zero-order chi connectivity index (χ0) is 22.6. The van der Waals surface area contributed by atoms with Gasteiger partial charge < -0.3 is 15.5 Å². The van der Waals surface area contributed by atoms with Crippen LogP contribution in [0.1, 0.15) is 66.3 Å². The molecule has 2 aromatic rings. The highest BCUT2D eigenvalue weighted by Gasteiger charge is 2.25. The van der Waals surface area contributed by atoms with Crippen LogP contribution in [0.15, 0.2) is 42.5 Å². The quantitative estimate of drug-likeness (QED) is 0.624. The van der Waals surface area contributed by atoms with E-state index in [4.69, 9.17) is 11.6 Å². The third-order valence-electron chi connectivity index (χ3n) is 5.51. The predicted molar refractivity (Wildman–Crippen MR) is 123 cm³/mol. The Labute approximate surface area is 188 Å². The van der Waals surface area contributed by atoms with E-state index in [1.54, 1.807) is 41.3 Å². The van der Waals surface area contributed by atoms with Gasteiger partial charge >= 0.3 is 6.03 Å². The molecule has 2 aromatic carbocycles. The summed E-state index contributed by atoms with van der Waals surface area (Å²) in [6.45, 7) is 6.68. The first-order valence-electron chi connectivity index (χ1n) is 10.5. The summed E-state index contributed by atoms with van der Waals surface area (Å²) >= 11 is 6.27. The molecular formula is C24H28ClN3O3. The van der Waals surface area contributed by atoms with Crippen LogP contribution in [0, 0.1) is 0 Å². The largest absolute Gasteiger partial charge is 0.339 e. The maximum atomic E-state index is 12.8. The molecule has 1 aliphatic heterocycles. The van der Waals surface area contributed by atoms with Crippen LogP contribution >= 0.6 is 11.6 Å². The van der Waals surface area contributed by atoms with Crippen LogP contribution in [0.2, 0.25) is 5.02 Å². The molecule has 0 saturated carbocycles. The van der Waals surface area contributed by atoms with Crippen LogP contribution in [0.5, 0.6) is 0 Å². The van der Waals surface area contributed by atoms with Crippen LogP contribution in [0.3, 0.4) is 0 Å². The highest BCUT2D eigenvalue weighted by Crippen LogP contribution is 2.25. The normalized spacial score (nSPS) is 14.1. The van der Waals surface area contributed by atoms with Crippen molar-refractivity contribution < 1.29 is 14.4 Å². The third kappa shape index (κ3) is 5.64. The summed E-state index contributed by atoms with van der Waals surface area (Å²) in [6, 6.07) is 11.7. The molecule has 7 heteroatoms. The lowest BCUT2D eigenvalue weighted by Gasteiger charge is -2.28. The number of nitrogens with one attached hydrogen (secondary N) is 2.